The van der Waals surface area contributed by atoms with E-state index in [0.717, 1.165) is 0 Å². The minimum Gasteiger partial charge on any atom is -0.268 e. The van der Waals surface area contributed by atoms with Crippen LogP contribution in [0.25, 0.3) is 0 Å². The standard InChI is InChI=1S/C11H11ClN2O2/c1-7(2)10(15)13-14-11(16)8-4-3-5-9(12)6-8/h3-6H,1H2,2H3,(H,13,15)(H,14,16). The maximum Gasteiger partial charge on any atom is 0.269 e. The highest BCUT2D eigenvalue weighted by molar-refractivity contribution is 6.30. The van der Waals surface area contributed by atoms with Crippen molar-refractivity contribution in [3.05, 3.63) is 47.0 Å². The number of hydrogen-bond acceptors (Lipinski definition) is 2. The van der Waals surface area contributed by atoms with Crippen LogP contribution in [0.5, 0.6) is 0 Å². The molecule has 0 aliphatic rings. The topological polar surface area (TPSA) is 58.2 Å². The largest absolute Gasteiger partial charge is 0.269 e. The van der Waals surface area contributed by atoms with Gasteiger partial charge in [-0.15, -0.1) is 0 Å². The van der Waals surface area contributed by atoms with Crippen molar-refractivity contribution in [2.24, 2.45) is 0 Å². The van der Waals surface area contributed by atoms with Crippen LogP contribution in [0.3, 0.4) is 0 Å². The molecule has 16 heavy (non-hydrogen) atoms. The molecule has 0 aliphatic heterocycles. The fourth-order valence-electron chi connectivity index (χ4n) is 0.922. The average Bonchev–Trinajstić information content (AvgIpc) is 2.25. The van der Waals surface area contributed by atoms with Gasteiger partial charge < -0.3 is 0 Å². The molecule has 4 nitrogen and oxygen atoms in total. The second-order valence-corrected chi connectivity index (χ2v) is 3.64. The Labute approximate surface area is 98.3 Å². The van der Waals surface area contributed by atoms with Gasteiger partial charge in [0.05, 0.1) is 0 Å². The smallest absolute Gasteiger partial charge is 0.268 e. The molecule has 2 N–H and O–H groups in total. The Hall–Kier alpha value is -1.81. The fraction of sp³-hybridized carbons (Fsp3) is 0.0909. The van der Waals surface area contributed by atoms with Crippen LogP contribution < -0.4 is 10.9 Å². The van der Waals surface area contributed by atoms with Crippen molar-refractivity contribution < 1.29 is 9.59 Å². The van der Waals surface area contributed by atoms with Crippen LogP contribution in [-0.4, -0.2) is 11.8 Å². The highest BCUT2D eigenvalue weighted by Gasteiger charge is 2.07. The first-order chi connectivity index (χ1) is 7.50. The summed E-state index contributed by atoms with van der Waals surface area (Å²) >= 11 is 5.72. The summed E-state index contributed by atoms with van der Waals surface area (Å²) in [7, 11) is 0. The van der Waals surface area contributed by atoms with Crippen LogP contribution in [0.15, 0.2) is 36.4 Å². The molecule has 0 atom stereocenters. The number of nitrogens with one attached hydrogen (secondary N) is 2. The SMILES string of the molecule is C=C(C)C(=O)NNC(=O)c1cccc(Cl)c1. The molecule has 0 saturated carbocycles. The van der Waals surface area contributed by atoms with E-state index in [2.05, 4.69) is 17.4 Å². The number of amides is 2. The monoisotopic (exact) mass is 238 g/mol. The molecule has 0 bridgehead atoms. The van der Waals surface area contributed by atoms with Crippen LogP contribution in [0.1, 0.15) is 17.3 Å². The van der Waals surface area contributed by atoms with Crippen LogP contribution in [0, 0.1) is 0 Å². The molecule has 0 fully saturated rings. The van der Waals surface area contributed by atoms with E-state index in [-0.39, 0.29) is 0 Å². The van der Waals surface area contributed by atoms with Crippen molar-refractivity contribution in [3.8, 4) is 0 Å². The first-order valence-corrected chi connectivity index (χ1v) is 4.90. The Morgan fingerprint density at radius 3 is 2.56 bits per heavy atom. The molecule has 84 valence electrons. The lowest BCUT2D eigenvalue weighted by Crippen LogP contribution is -2.41. The molecule has 0 radical (unpaired) electrons. The van der Waals surface area contributed by atoms with Crippen molar-refractivity contribution in [3.63, 3.8) is 0 Å². The summed E-state index contributed by atoms with van der Waals surface area (Å²) in [6, 6.07) is 6.40. The van der Waals surface area contributed by atoms with Gasteiger partial charge >= 0.3 is 0 Å². The Kier molecular flexibility index (Phi) is 4.08. The number of hydrogen-bond donors (Lipinski definition) is 2. The fourth-order valence-corrected chi connectivity index (χ4v) is 1.11. The number of carbonyl (C=O) groups excluding carboxylic acids is 2. The predicted molar refractivity (Wildman–Crippen MR) is 61.9 cm³/mol. The number of rotatable bonds is 2. The molecule has 0 saturated heterocycles. The molecule has 1 aromatic rings. The Morgan fingerprint density at radius 2 is 2.00 bits per heavy atom. The lowest BCUT2D eigenvalue weighted by molar-refractivity contribution is -0.118. The van der Waals surface area contributed by atoms with E-state index in [1.807, 2.05) is 0 Å². The highest BCUT2D eigenvalue weighted by atomic mass is 35.5. The zero-order chi connectivity index (χ0) is 12.1. The quantitative estimate of drug-likeness (QED) is 0.608. The van der Waals surface area contributed by atoms with Crippen LogP contribution in [0.2, 0.25) is 5.02 Å². The van der Waals surface area contributed by atoms with E-state index in [0.29, 0.717) is 16.2 Å². The van der Waals surface area contributed by atoms with E-state index in [1.54, 1.807) is 25.1 Å². The summed E-state index contributed by atoms with van der Waals surface area (Å²) in [5.41, 5.74) is 5.15. The van der Waals surface area contributed by atoms with Gasteiger partial charge in [0, 0.05) is 16.2 Å². The maximum absolute atomic E-state index is 11.5. The van der Waals surface area contributed by atoms with Gasteiger partial charge in [-0.25, -0.2) is 0 Å². The Balaban J connectivity index is 2.60. The van der Waals surface area contributed by atoms with Gasteiger partial charge in [-0.2, -0.15) is 0 Å². The number of benzene rings is 1. The number of halogens is 1. The van der Waals surface area contributed by atoms with Gasteiger partial charge in [0.25, 0.3) is 11.8 Å². The molecule has 5 heteroatoms. The van der Waals surface area contributed by atoms with Crippen molar-refractivity contribution in [1.82, 2.24) is 10.9 Å². The first-order valence-electron chi connectivity index (χ1n) is 4.52. The van der Waals surface area contributed by atoms with Crippen molar-refractivity contribution in [2.75, 3.05) is 0 Å². The average molecular weight is 239 g/mol. The second-order valence-electron chi connectivity index (χ2n) is 3.20. The molecule has 0 spiro atoms. The van der Waals surface area contributed by atoms with E-state index in [9.17, 15) is 9.59 Å². The predicted octanol–water partition coefficient (Wildman–Crippen LogP) is 1.68. The summed E-state index contributed by atoms with van der Waals surface area (Å²) in [6.45, 7) is 4.98. The molecule has 1 rings (SSSR count). The van der Waals surface area contributed by atoms with Gasteiger partial charge in [0.1, 0.15) is 0 Å². The van der Waals surface area contributed by atoms with Gasteiger partial charge in [0.15, 0.2) is 0 Å². The van der Waals surface area contributed by atoms with E-state index in [1.165, 1.54) is 6.07 Å². The van der Waals surface area contributed by atoms with Crippen LogP contribution >= 0.6 is 11.6 Å². The van der Waals surface area contributed by atoms with Gasteiger partial charge in [-0.3, -0.25) is 20.4 Å². The van der Waals surface area contributed by atoms with E-state index >= 15 is 0 Å². The Morgan fingerprint density at radius 1 is 1.31 bits per heavy atom. The second kappa shape index (κ2) is 5.32. The van der Waals surface area contributed by atoms with E-state index < -0.39 is 11.8 Å². The zero-order valence-corrected chi connectivity index (χ0v) is 9.47. The lowest BCUT2D eigenvalue weighted by Gasteiger charge is -2.06. The summed E-state index contributed by atoms with van der Waals surface area (Å²) in [5.74, 6) is -0.868. The third-order valence-corrected chi connectivity index (χ3v) is 2.00. The summed E-state index contributed by atoms with van der Waals surface area (Å²) < 4.78 is 0. The minimum atomic E-state index is -0.435. The van der Waals surface area contributed by atoms with Crippen molar-refractivity contribution in [1.29, 1.82) is 0 Å². The van der Waals surface area contributed by atoms with Crippen molar-refractivity contribution in [2.45, 2.75) is 6.92 Å². The normalized spacial score (nSPS) is 9.38. The minimum absolute atomic E-state index is 0.311. The lowest BCUT2D eigenvalue weighted by atomic mass is 10.2. The molecule has 0 heterocycles. The Bertz CT molecular complexity index is 443. The van der Waals surface area contributed by atoms with Gasteiger partial charge in [-0.05, 0) is 25.1 Å². The summed E-state index contributed by atoms with van der Waals surface area (Å²) in [5, 5.41) is 0.457. The van der Waals surface area contributed by atoms with Crippen LogP contribution in [-0.2, 0) is 4.79 Å². The van der Waals surface area contributed by atoms with Gasteiger partial charge in [0.2, 0.25) is 0 Å². The van der Waals surface area contributed by atoms with Crippen LogP contribution in [0.4, 0.5) is 0 Å². The molecular weight excluding hydrogens is 228 g/mol. The van der Waals surface area contributed by atoms with Gasteiger partial charge in [-0.1, -0.05) is 24.2 Å². The maximum atomic E-state index is 11.5. The first kappa shape index (κ1) is 12.3. The van der Waals surface area contributed by atoms with Crippen molar-refractivity contribution >= 4 is 23.4 Å². The molecular formula is C11H11ClN2O2. The molecule has 2 amide bonds. The third kappa shape index (κ3) is 3.40. The molecule has 0 unspecified atom stereocenters. The molecule has 0 aliphatic carbocycles. The third-order valence-electron chi connectivity index (χ3n) is 1.76. The number of hydrazine groups is 1. The zero-order valence-electron chi connectivity index (χ0n) is 8.71. The highest BCUT2D eigenvalue weighted by Crippen LogP contribution is 2.09. The van der Waals surface area contributed by atoms with E-state index in [4.69, 9.17) is 11.6 Å². The molecule has 1 aromatic carbocycles. The number of carbonyl (C=O) groups is 2. The summed E-state index contributed by atoms with van der Waals surface area (Å²) in [4.78, 5) is 22.6. The summed E-state index contributed by atoms with van der Waals surface area (Å²) in [6.07, 6.45) is 0. The molecule has 0 aromatic heterocycles.